The molecule has 0 unspecified atom stereocenters. The van der Waals surface area contributed by atoms with E-state index in [0.717, 1.165) is 11.1 Å². The average molecular weight is 443 g/mol. The Morgan fingerprint density at radius 1 is 1.14 bits per heavy atom. The summed E-state index contributed by atoms with van der Waals surface area (Å²) in [4.78, 5) is 36.5. The third-order valence-electron chi connectivity index (χ3n) is 5.06. The maximum Gasteiger partial charge on any atom is 0.307 e. The molecule has 0 heterocycles. The number of allylic oxidation sites excluding steroid dienone is 2. The van der Waals surface area contributed by atoms with Gasteiger partial charge in [0.2, 0.25) is 5.91 Å². The molecule has 29 heavy (non-hydrogen) atoms. The number of nitrogens with one attached hydrogen (secondary N) is 2. The zero-order chi connectivity index (χ0) is 21.7. The van der Waals surface area contributed by atoms with Crippen LogP contribution in [-0.4, -0.2) is 29.0 Å². The number of halogens is 2. The second-order valence-corrected chi connectivity index (χ2v) is 7.93. The van der Waals surface area contributed by atoms with Crippen molar-refractivity contribution in [2.24, 2.45) is 11.8 Å². The summed E-state index contributed by atoms with van der Waals surface area (Å²) < 4.78 is 5.62. The van der Waals surface area contributed by atoms with Crippen LogP contribution >= 0.6 is 23.2 Å². The van der Waals surface area contributed by atoms with Crippen molar-refractivity contribution < 1.29 is 24.2 Å². The molecule has 3 N–H and O–H groups in total. The predicted molar refractivity (Wildman–Crippen MR) is 110 cm³/mol. The number of benzene rings is 1. The van der Waals surface area contributed by atoms with Crippen LogP contribution in [0.4, 0.5) is 0 Å². The van der Waals surface area contributed by atoms with Gasteiger partial charge in [-0.05, 0) is 45.2 Å². The van der Waals surface area contributed by atoms with E-state index in [4.69, 9.17) is 27.9 Å². The van der Waals surface area contributed by atoms with Gasteiger partial charge in [0, 0.05) is 11.1 Å². The Morgan fingerprint density at radius 2 is 1.76 bits per heavy atom. The van der Waals surface area contributed by atoms with Crippen LogP contribution in [0.5, 0.6) is 5.75 Å². The van der Waals surface area contributed by atoms with Crippen molar-refractivity contribution in [1.29, 1.82) is 0 Å². The Kier molecular flexibility index (Phi) is 7.93. The van der Waals surface area contributed by atoms with Crippen LogP contribution in [0.3, 0.4) is 0 Å². The first-order chi connectivity index (χ1) is 13.6. The molecule has 0 fully saturated rings. The van der Waals surface area contributed by atoms with E-state index in [1.807, 2.05) is 13.8 Å². The molecule has 9 heteroatoms. The molecule has 3 atom stereocenters. The van der Waals surface area contributed by atoms with Crippen LogP contribution in [0.15, 0.2) is 29.3 Å². The summed E-state index contributed by atoms with van der Waals surface area (Å²) in [6.45, 7) is 5.48. The number of rotatable bonds is 6. The molecule has 0 aliphatic heterocycles. The van der Waals surface area contributed by atoms with Crippen molar-refractivity contribution in [1.82, 2.24) is 10.9 Å². The van der Waals surface area contributed by atoms with Crippen molar-refractivity contribution in [3.63, 3.8) is 0 Å². The van der Waals surface area contributed by atoms with E-state index in [0.29, 0.717) is 29.3 Å². The molecule has 0 spiro atoms. The van der Waals surface area contributed by atoms with Gasteiger partial charge in [-0.1, -0.05) is 41.3 Å². The smallest absolute Gasteiger partial charge is 0.307 e. The zero-order valence-corrected chi connectivity index (χ0v) is 17.9. The third-order valence-corrected chi connectivity index (χ3v) is 5.60. The standard InChI is InChI=1S/C20H24Cl2N2O5/c1-4-16(29-17-9-12(21)5-6-15(17)22)19(26)24-23-18(25)13-7-10(2)11(3)8-14(13)20(27)28/h5-6,9,13-14,16H,4,7-8H2,1-3H3,(H,23,25)(H,24,26)(H,27,28)/t13-,14+,16-/m1/s1. The van der Waals surface area contributed by atoms with Crippen LogP contribution in [0.2, 0.25) is 10.0 Å². The SMILES string of the molecule is CC[C@@H](Oc1cc(Cl)ccc1Cl)C(=O)NNC(=O)[C@@H]1CC(C)=C(C)C[C@@H]1C(=O)O. The highest BCUT2D eigenvalue weighted by atomic mass is 35.5. The number of carboxylic acids is 1. The van der Waals surface area contributed by atoms with E-state index in [1.54, 1.807) is 19.1 Å². The van der Waals surface area contributed by atoms with Gasteiger partial charge in [0.05, 0.1) is 16.9 Å². The van der Waals surface area contributed by atoms with Crippen molar-refractivity contribution in [3.8, 4) is 5.75 Å². The molecule has 0 aromatic heterocycles. The number of carbonyl (C=O) groups is 3. The van der Waals surface area contributed by atoms with E-state index in [1.165, 1.54) is 6.07 Å². The molecule has 0 bridgehead atoms. The van der Waals surface area contributed by atoms with Gasteiger partial charge in [0.25, 0.3) is 5.91 Å². The van der Waals surface area contributed by atoms with Crippen molar-refractivity contribution in [2.75, 3.05) is 0 Å². The highest BCUT2D eigenvalue weighted by molar-refractivity contribution is 6.34. The van der Waals surface area contributed by atoms with Crippen molar-refractivity contribution >= 4 is 41.0 Å². The Hall–Kier alpha value is -2.25. The van der Waals surface area contributed by atoms with Crippen LogP contribution in [0.25, 0.3) is 0 Å². The monoisotopic (exact) mass is 442 g/mol. The second-order valence-electron chi connectivity index (χ2n) is 7.09. The minimum absolute atomic E-state index is 0.252. The number of hydrogen-bond donors (Lipinski definition) is 3. The van der Waals surface area contributed by atoms with Gasteiger partial charge >= 0.3 is 5.97 Å². The number of amides is 2. The van der Waals surface area contributed by atoms with E-state index < -0.39 is 35.7 Å². The van der Waals surface area contributed by atoms with Crippen molar-refractivity contribution in [3.05, 3.63) is 39.4 Å². The second kappa shape index (κ2) is 9.98. The molecule has 1 aromatic rings. The summed E-state index contributed by atoms with van der Waals surface area (Å²) in [6, 6.07) is 4.65. The van der Waals surface area contributed by atoms with E-state index >= 15 is 0 Å². The summed E-state index contributed by atoms with van der Waals surface area (Å²) in [7, 11) is 0. The van der Waals surface area contributed by atoms with Gasteiger partial charge in [-0.15, -0.1) is 0 Å². The predicted octanol–water partition coefficient (Wildman–Crippen LogP) is 3.75. The summed E-state index contributed by atoms with van der Waals surface area (Å²) in [5.74, 6) is -3.51. The Morgan fingerprint density at radius 3 is 2.34 bits per heavy atom. The summed E-state index contributed by atoms with van der Waals surface area (Å²) in [6.07, 6.45) is 0.0290. The molecular formula is C20H24Cl2N2O5. The lowest BCUT2D eigenvalue weighted by atomic mass is 9.76. The fraction of sp³-hybridized carbons (Fsp3) is 0.450. The molecule has 2 rings (SSSR count). The van der Waals surface area contributed by atoms with Gasteiger partial charge in [-0.3, -0.25) is 25.2 Å². The Labute approximate surface area is 179 Å². The fourth-order valence-corrected chi connectivity index (χ4v) is 3.49. The summed E-state index contributed by atoms with van der Waals surface area (Å²) in [5.41, 5.74) is 6.62. The van der Waals surface area contributed by atoms with Gasteiger partial charge < -0.3 is 9.84 Å². The molecule has 2 amide bonds. The number of carbonyl (C=O) groups excluding carboxylic acids is 2. The number of hydrazine groups is 1. The first-order valence-electron chi connectivity index (χ1n) is 9.23. The van der Waals surface area contributed by atoms with E-state index in [-0.39, 0.29) is 5.75 Å². The minimum Gasteiger partial charge on any atom is -0.481 e. The van der Waals surface area contributed by atoms with Crippen LogP contribution in [-0.2, 0) is 14.4 Å². The molecule has 158 valence electrons. The Balaban J connectivity index is 2.01. The molecule has 7 nitrogen and oxygen atoms in total. The first-order valence-corrected chi connectivity index (χ1v) is 9.99. The van der Waals surface area contributed by atoms with Crippen molar-refractivity contribution in [2.45, 2.75) is 46.1 Å². The van der Waals surface area contributed by atoms with Gasteiger partial charge in [0.15, 0.2) is 6.10 Å². The summed E-state index contributed by atoms with van der Waals surface area (Å²) in [5, 5.41) is 10.2. The minimum atomic E-state index is -1.03. The number of ether oxygens (including phenoxy) is 1. The quantitative estimate of drug-likeness (QED) is 0.459. The largest absolute Gasteiger partial charge is 0.481 e. The maximum absolute atomic E-state index is 12.5. The first kappa shape index (κ1) is 23.0. The van der Waals surface area contributed by atoms with Gasteiger partial charge in [-0.25, -0.2) is 0 Å². The normalized spacial score (nSPS) is 20.0. The van der Waals surface area contributed by atoms with E-state index in [9.17, 15) is 19.5 Å². The Bertz CT molecular complexity index is 840. The maximum atomic E-state index is 12.5. The van der Waals surface area contributed by atoms with Gasteiger partial charge in [-0.2, -0.15) is 0 Å². The summed E-state index contributed by atoms with van der Waals surface area (Å²) >= 11 is 12.0. The molecular weight excluding hydrogens is 419 g/mol. The number of aliphatic carboxylic acids is 1. The van der Waals surface area contributed by atoms with Crippen LogP contribution in [0.1, 0.15) is 40.0 Å². The lowest BCUT2D eigenvalue weighted by Gasteiger charge is -2.29. The molecule has 0 saturated carbocycles. The third kappa shape index (κ3) is 5.87. The zero-order valence-electron chi connectivity index (χ0n) is 16.4. The lowest BCUT2D eigenvalue weighted by Crippen LogP contribution is -2.51. The van der Waals surface area contributed by atoms with Gasteiger partial charge in [0.1, 0.15) is 5.75 Å². The van der Waals surface area contributed by atoms with Crippen LogP contribution in [0, 0.1) is 11.8 Å². The highest BCUT2D eigenvalue weighted by Gasteiger charge is 2.37. The molecule has 1 aromatic carbocycles. The number of carboxylic acid groups (broad SMARTS) is 1. The van der Waals surface area contributed by atoms with Crippen LogP contribution < -0.4 is 15.6 Å². The van der Waals surface area contributed by atoms with E-state index in [2.05, 4.69) is 10.9 Å². The fourth-order valence-electron chi connectivity index (χ4n) is 3.17. The lowest BCUT2D eigenvalue weighted by molar-refractivity contribution is -0.148. The number of hydrogen-bond acceptors (Lipinski definition) is 4. The molecule has 0 radical (unpaired) electrons. The average Bonchev–Trinajstić information content (AvgIpc) is 2.67. The molecule has 0 saturated heterocycles. The topological polar surface area (TPSA) is 105 Å². The highest BCUT2D eigenvalue weighted by Crippen LogP contribution is 2.34. The molecule has 1 aliphatic rings. The molecule has 1 aliphatic carbocycles.